The van der Waals surface area contributed by atoms with Crippen LogP contribution < -0.4 is 31.8 Å². The number of aliphatic hydroxyl groups is 1. The van der Waals surface area contributed by atoms with E-state index in [0.29, 0.717) is 17.1 Å². The summed E-state index contributed by atoms with van der Waals surface area (Å²) in [5.74, 6) is -1.72. The van der Waals surface area contributed by atoms with E-state index >= 15 is 0 Å². The van der Waals surface area contributed by atoms with Gasteiger partial charge in [0.05, 0.1) is 28.6 Å². The minimum Gasteiger partial charge on any atom is -0.395 e. The van der Waals surface area contributed by atoms with Gasteiger partial charge in [0.1, 0.15) is 6.33 Å². The molecule has 4 rings (SSSR count). The minimum atomic E-state index is -4.02. The number of H-pyrrole nitrogens is 1. The molecule has 0 aliphatic rings. The molecule has 4 aromatic rings. The zero-order chi connectivity index (χ0) is 30.1. The van der Waals surface area contributed by atoms with Crippen molar-refractivity contribution in [3.63, 3.8) is 0 Å². The number of fused-ring (bicyclic) bond motifs is 1. The molecule has 0 unspecified atom stereocenters. The Morgan fingerprint density at radius 3 is 2.52 bits per heavy atom. The maximum Gasteiger partial charge on any atom is 0.327 e. The van der Waals surface area contributed by atoms with E-state index < -0.39 is 21.8 Å². The van der Waals surface area contributed by atoms with Crippen molar-refractivity contribution < 1.29 is 27.9 Å². The lowest BCUT2D eigenvalue weighted by Gasteiger charge is -2.12. The van der Waals surface area contributed by atoms with E-state index in [0.717, 1.165) is 0 Å². The van der Waals surface area contributed by atoms with Gasteiger partial charge in [-0.15, -0.1) is 11.8 Å². The second kappa shape index (κ2) is 13.6. The molecule has 0 aliphatic carbocycles. The number of thioether (sulfide) groups is 1. The zero-order valence-electron chi connectivity index (χ0n) is 21.7. The van der Waals surface area contributed by atoms with Crippen molar-refractivity contribution in [3.8, 4) is 0 Å². The average Bonchev–Trinajstić information content (AvgIpc) is 3.45. The molecule has 220 valence electrons. The number of aromatic nitrogens is 4. The van der Waals surface area contributed by atoms with Gasteiger partial charge in [-0.3, -0.25) is 39.9 Å². The van der Waals surface area contributed by atoms with E-state index in [1.165, 1.54) is 71.1 Å². The van der Waals surface area contributed by atoms with Crippen LogP contribution in [0.1, 0.15) is 5.69 Å². The van der Waals surface area contributed by atoms with Crippen molar-refractivity contribution in [3.05, 3.63) is 77.0 Å². The van der Waals surface area contributed by atoms with Crippen molar-refractivity contribution in [1.82, 2.24) is 30.3 Å². The van der Waals surface area contributed by atoms with Crippen LogP contribution in [0.3, 0.4) is 0 Å². The van der Waals surface area contributed by atoms with Crippen molar-refractivity contribution in [1.29, 1.82) is 0 Å². The zero-order valence-corrected chi connectivity index (χ0v) is 23.3. The van der Waals surface area contributed by atoms with Crippen LogP contribution >= 0.6 is 11.8 Å². The number of hydrogen-bond acceptors (Lipinski definition) is 11. The lowest BCUT2D eigenvalue weighted by Crippen LogP contribution is -2.43. The third-order valence-corrected chi connectivity index (χ3v) is 7.64. The SMILES string of the molecule is O=C(CSCc1cc(=O)n2[nH]cnc2n1)Nc1cccc(S(=O)(=O)Nc2ccc(NNC(=O)C(=O)NCCO)cc2)c1. The lowest BCUT2D eigenvalue weighted by atomic mass is 10.3. The van der Waals surface area contributed by atoms with E-state index in [2.05, 4.69) is 41.3 Å². The molecule has 0 radical (unpaired) electrons. The number of hydrogen-bond donors (Lipinski definition) is 7. The van der Waals surface area contributed by atoms with Crippen LogP contribution in [0.15, 0.2) is 70.6 Å². The maximum atomic E-state index is 12.9. The molecule has 42 heavy (non-hydrogen) atoms. The molecule has 0 fully saturated rings. The molecule has 0 spiro atoms. The number of nitrogens with one attached hydrogen (secondary N) is 6. The van der Waals surface area contributed by atoms with Crippen molar-refractivity contribution in [2.75, 3.05) is 34.4 Å². The highest BCUT2D eigenvalue weighted by Crippen LogP contribution is 2.21. The number of benzene rings is 2. The molecule has 16 nitrogen and oxygen atoms in total. The van der Waals surface area contributed by atoms with Crippen LogP contribution in [0.25, 0.3) is 5.78 Å². The Kier molecular flexibility index (Phi) is 9.73. The van der Waals surface area contributed by atoms with Crippen LogP contribution in [0.4, 0.5) is 17.1 Å². The third-order valence-electron chi connectivity index (χ3n) is 5.29. The molecule has 0 atom stereocenters. The van der Waals surface area contributed by atoms with Gasteiger partial charge in [-0.2, -0.15) is 4.52 Å². The molecule has 0 saturated heterocycles. The van der Waals surface area contributed by atoms with E-state index in [9.17, 15) is 27.6 Å². The quantitative estimate of drug-likeness (QED) is 0.0804. The second-order valence-corrected chi connectivity index (χ2v) is 11.1. The van der Waals surface area contributed by atoms with Crippen LogP contribution in [0, 0.1) is 0 Å². The standard InChI is InChI=1S/C24H25N9O7S2/c34-9-8-25-22(37)23(38)31-30-15-4-6-16(7-5-15)32-42(39,40)19-3-1-2-17(10-19)28-20(35)13-41-12-18-11-21(36)33-24(29-18)26-14-27-33/h1-7,10-11,14,30,32,34H,8-9,12-13H2,(H,25,37)(H,28,35)(H,31,38)(H,26,27,29). The summed E-state index contributed by atoms with van der Waals surface area (Å²) < 4.78 is 29.5. The van der Waals surface area contributed by atoms with E-state index in [1.807, 2.05) is 0 Å². The number of anilines is 3. The number of carbonyl (C=O) groups excluding carboxylic acids is 3. The predicted octanol–water partition coefficient (Wildman–Crippen LogP) is -0.358. The first-order valence-electron chi connectivity index (χ1n) is 12.1. The van der Waals surface area contributed by atoms with Gasteiger partial charge < -0.3 is 15.7 Å². The van der Waals surface area contributed by atoms with Crippen LogP contribution in [0.2, 0.25) is 0 Å². The van der Waals surface area contributed by atoms with Crippen molar-refractivity contribution in [2.24, 2.45) is 0 Å². The van der Waals surface area contributed by atoms with E-state index in [1.54, 1.807) is 6.07 Å². The Hall–Kier alpha value is -4.94. The third kappa shape index (κ3) is 8.05. The molecular weight excluding hydrogens is 590 g/mol. The number of hydrazine groups is 1. The number of carbonyl (C=O) groups is 3. The normalized spacial score (nSPS) is 11.1. The molecule has 0 saturated carbocycles. The Balaban J connectivity index is 1.28. The number of rotatable bonds is 12. The first kappa shape index (κ1) is 30.0. The first-order valence-corrected chi connectivity index (χ1v) is 14.8. The largest absolute Gasteiger partial charge is 0.395 e. The highest BCUT2D eigenvalue weighted by atomic mass is 32.2. The lowest BCUT2D eigenvalue weighted by molar-refractivity contribution is -0.138. The number of nitrogens with zero attached hydrogens (tertiary/aromatic N) is 3. The van der Waals surface area contributed by atoms with Gasteiger partial charge in [0.25, 0.3) is 21.4 Å². The summed E-state index contributed by atoms with van der Waals surface area (Å²) in [5, 5.41) is 16.2. The highest BCUT2D eigenvalue weighted by molar-refractivity contribution is 7.99. The molecule has 18 heteroatoms. The summed E-state index contributed by atoms with van der Waals surface area (Å²) in [6.45, 7) is -0.375. The monoisotopic (exact) mass is 615 g/mol. The second-order valence-electron chi connectivity index (χ2n) is 8.42. The molecule has 0 aliphatic heterocycles. The van der Waals surface area contributed by atoms with Gasteiger partial charge in [-0.25, -0.2) is 18.4 Å². The average molecular weight is 616 g/mol. The van der Waals surface area contributed by atoms with Crippen molar-refractivity contribution >= 4 is 62.3 Å². The Bertz CT molecular complexity index is 1760. The fraction of sp³-hybridized carbons (Fsp3) is 0.167. The summed E-state index contributed by atoms with van der Waals surface area (Å²) in [7, 11) is -4.02. The summed E-state index contributed by atoms with van der Waals surface area (Å²) in [6.07, 6.45) is 1.35. The fourth-order valence-electron chi connectivity index (χ4n) is 3.40. The first-order chi connectivity index (χ1) is 20.1. The van der Waals surface area contributed by atoms with E-state index in [-0.39, 0.29) is 52.4 Å². The molecule has 3 amide bonds. The van der Waals surface area contributed by atoms with E-state index in [4.69, 9.17) is 5.11 Å². The predicted molar refractivity (Wildman–Crippen MR) is 154 cm³/mol. The Morgan fingerprint density at radius 2 is 1.76 bits per heavy atom. The molecule has 2 heterocycles. The highest BCUT2D eigenvalue weighted by Gasteiger charge is 2.16. The van der Waals surface area contributed by atoms with Gasteiger partial charge in [-0.1, -0.05) is 6.07 Å². The smallest absolute Gasteiger partial charge is 0.327 e. The summed E-state index contributed by atoms with van der Waals surface area (Å²) >= 11 is 1.23. The summed E-state index contributed by atoms with van der Waals surface area (Å²) in [5.41, 5.74) is 5.71. The van der Waals surface area contributed by atoms with Gasteiger partial charge in [-0.05, 0) is 42.5 Å². The molecule has 0 bridgehead atoms. The topological polar surface area (TPSA) is 229 Å². The molecule has 2 aromatic heterocycles. The summed E-state index contributed by atoms with van der Waals surface area (Å²) in [4.78, 5) is 55.7. The minimum absolute atomic E-state index is 0.0328. The van der Waals surface area contributed by atoms with Gasteiger partial charge in [0.15, 0.2) is 0 Å². The van der Waals surface area contributed by atoms with Gasteiger partial charge in [0.2, 0.25) is 5.91 Å². The van der Waals surface area contributed by atoms with Gasteiger partial charge in [0, 0.05) is 29.7 Å². The fourth-order valence-corrected chi connectivity index (χ4v) is 5.22. The van der Waals surface area contributed by atoms with Crippen LogP contribution in [0.5, 0.6) is 0 Å². The molecule has 2 aromatic carbocycles. The Morgan fingerprint density at radius 1 is 1.00 bits per heavy atom. The maximum absolute atomic E-state index is 12.9. The van der Waals surface area contributed by atoms with Crippen molar-refractivity contribution in [2.45, 2.75) is 10.6 Å². The molecule has 7 N–H and O–H groups in total. The molecular formula is C24H25N9O7S2. The van der Waals surface area contributed by atoms with Gasteiger partial charge >= 0.3 is 11.8 Å². The Labute approximate surface area is 242 Å². The number of sulfonamides is 1. The number of amides is 3. The number of aromatic amines is 1. The van der Waals surface area contributed by atoms with Crippen LogP contribution in [-0.2, 0) is 30.2 Å². The van der Waals surface area contributed by atoms with Crippen LogP contribution in [-0.4, -0.2) is 69.7 Å². The summed E-state index contributed by atoms with van der Waals surface area (Å²) in [6, 6.07) is 12.9. The number of aliphatic hydroxyl groups excluding tert-OH is 1.